The average molecular weight is 419 g/mol. The molecule has 0 saturated carbocycles. The number of hydrogen-bond acceptors (Lipinski definition) is 2. The van der Waals surface area contributed by atoms with Gasteiger partial charge in [0.15, 0.2) is 0 Å². The quantitative estimate of drug-likeness (QED) is 0.422. The number of benzene rings is 2. The number of rotatable bonds is 12. The third-order valence-electron chi connectivity index (χ3n) is 5.01. The molecule has 2 N–H and O–H groups in total. The summed E-state index contributed by atoms with van der Waals surface area (Å²) < 4.78 is 27.1. The van der Waals surface area contributed by atoms with E-state index in [0.29, 0.717) is 13.1 Å². The minimum absolute atomic E-state index is 0.0402. The second kappa shape index (κ2) is 13.0. The number of carbonyl (C=O) groups is 1. The van der Waals surface area contributed by atoms with E-state index in [0.717, 1.165) is 62.6 Å². The van der Waals surface area contributed by atoms with E-state index in [9.17, 15) is 13.6 Å². The van der Waals surface area contributed by atoms with Gasteiger partial charge in [0.2, 0.25) is 0 Å². The van der Waals surface area contributed by atoms with Crippen LogP contribution in [0.4, 0.5) is 19.3 Å². The van der Waals surface area contributed by atoms with Crippen LogP contribution in [0.15, 0.2) is 42.5 Å². The van der Waals surface area contributed by atoms with Gasteiger partial charge in [-0.15, -0.1) is 0 Å². The molecule has 4 nitrogen and oxygen atoms in total. The van der Waals surface area contributed by atoms with Crippen LogP contribution < -0.4 is 5.32 Å². The van der Waals surface area contributed by atoms with E-state index in [1.54, 1.807) is 4.90 Å². The van der Waals surface area contributed by atoms with E-state index in [1.165, 1.54) is 11.6 Å². The first-order valence-corrected chi connectivity index (χ1v) is 10.7. The Hall–Kier alpha value is -2.47. The smallest absolute Gasteiger partial charge is 0.322 e. The van der Waals surface area contributed by atoms with Crippen LogP contribution >= 0.6 is 0 Å². The number of aliphatic hydroxyl groups is 1. The molecule has 2 amide bonds. The van der Waals surface area contributed by atoms with Gasteiger partial charge in [-0.1, -0.05) is 50.5 Å². The molecule has 6 heteroatoms. The van der Waals surface area contributed by atoms with Gasteiger partial charge in [0.1, 0.15) is 11.6 Å². The highest BCUT2D eigenvalue weighted by Crippen LogP contribution is 2.17. The van der Waals surface area contributed by atoms with Crippen LogP contribution in [0.2, 0.25) is 0 Å². The van der Waals surface area contributed by atoms with Gasteiger partial charge in [0.25, 0.3) is 0 Å². The predicted octanol–water partition coefficient (Wildman–Crippen LogP) is 5.89. The predicted molar refractivity (Wildman–Crippen MR) is 116 cm³/mol. The molecule has 0 heterocycles. The Balaban J connectivity index is 2.03. The average Bonchev–Trinajstić information content (AvgIpc) is 2.74. The van der Waals surface area contributed by atoms with E-state index in [4.69, 9.17) is 5.11 Å². The number of nitrogens with zero attached hydrogens (tertiary/aromatic N) is 1. The van der Waals surface area contributed by atoms with Gasteiger partial charge in [-0.05, 0) is 48.9 Å². The molecular weight excluding hydrogens is 386 g/mol. The molecule has 0 saturated heterocycles. The lowest BCUT2D eigenvalue weighted by Crippen LogP contribution is -2.35. The minimum atomic E-state index is -0.800. The lowest BCUT2D eigenvalue weighted by Gasteiger charge is -2.24. The van der Waals surface area contributed by atoms with Crippen molar-refractivity contribution < 1.29 is 18.7 Å². The molecule has 0 aliphatic heterocycles. The second-order valence-electron chi connectivity index (χ2n) is 7.53. The van der Waals surface area contributed by atoms with Gasteiger partial charge in [-0.25, -0.2) is 13.6 Å². The number of halogens is 2. The number of hydrogen-bond donors (Lipinski definition) is 2. The number of anilines is 1. The molecule has 0 bridgehead atoms. The maximum Gasteiger partial charge on any atom is 0.322 e. The topological polar surface area (TPSA) is 52.6 Å². The summed E-state index contributed by atoms with van der Waals surface area (Å²) in [6.07, 6.45) is 6.64. The summed E-state index contributed by atoms with van der Waals surface area (Å²) in [4.78, 5) is 14.4. The van der Waals surface area contributed by atoms with Crippen molar-refractivity contribution >= 4 is 11.7 Å². The van der Waals surface area contributed by atoms with Gasteiger partial charge in [0, 0.05) is 25.8 Å². The minimum Gasteiger partial charge on any atom is -0.396 e. The molecule has 2 rings (SSSR count). The zero-order valence-corrected chi connectivity index (χ0v) is 17.7. The van der Waals surface area contributed by atoms with Crippen molar-refractivity contribution in [1.29, 1.82) is 0 Å². The summed E-state index contributed by atoms with van der Waals surface area (Å²) in [5, 5.41) is 11.5. The zero-order valence-electron chi connectivity index (χ0n) is 17.7. The second-order valence-corrected chi connectivity index (χ2v) is 7.53. The van der Waals surface area contributed by atoms with Crippen LogP contribution in [0.5, 0.6) is 0 Å². The standard InChI is InChI=1S/C24H32F2N2O2/c1-2-3-8-19-9-11-20(12-10-19)18-28(15-6-4-5-7-16-29)24(30)27-23-14-13-21(25)17-22(23)26/h9-14,17,29H,2-8,15-16,18H2,1H3,(H,27,30). The van der Waals surface area contributed by atoms with Crippen LogP contribution in [0.25, 0.3) is 0 Å². The Morgan fingerprint density at radius 2 is 1.67 bits per heavy atom. The van der Waals surface area contributed by atoms with Gasteiger partial charge in [0.05, 0.1) is 5.69 Å². The molecule has 0 aromatic heterocycles. The number of carbonyl (C=O) groups excluding carboxylic acids is 1. The first-order chi connectivity index (χ1) is 14.5. The van der Waals surface area contributed by atoms with Crippen LogP contribution in [0, 0.1) is 11.6 Å². The van der Waals surface area contributed by atoms with E-state index >= 15 is 0 Å². The summed E-state index contributed by atoms with van der Waals surface area (Å²) >= 11 is 0. The molecule has 0 radical (unpaired) electrons. The normalized spacial score (nSPS) is 10.8. The summed E-state index contributed by atoms with van der Waals surface area (Å²) in [6, 6.07) is 10.9. The first kappa shape index (κ1) is 23.8. The highest BCUT2D eigenvalue weighted by atomic mass is 19.1. The molecule has 164 valence electrons. The lowest BCUT2D eigenvalue weighted by molar-refractivity contribution is 0.207. The summed E-state index contributed by atoms with van der Waals surface area (Å²) in [5.74, 6) is -1.49. The molecule has 2 aromatic rings. The Morgan fingerprint density at radius 1 is 0.967 bits per heavy atom. The van der Waals surface area contributed by atoms with E-state index in [-0.39, 0.29) is 12.3 Å². The van der Waals surface area contributed by atoms with Crippen molar-refractivity contribution in [2.24, 2.45) is 0 Å². The number of aryl methyl sites for hydroxylation is 1. The van der Waals surface area contributed by atoms with Gasteiger partial charge >= 0.3 is 6.03 Å². The fourth-order valence-electron chi connectivity index (χ4n) is 3.22. The molecule has 0 aliphatic rings. The Morgan fingerprint density at radius 3 is 2.33 bits per heavy atom. The lowest BCUT2D eigenvalue weighted by atomic mass is 10.1. The number of nitrogens with one attached hydrogen (secondary N) is 1. The number of amides is 2. The SMILES string of the molecule is CCCCc1ccc(CN(CCCCCCO)C(=O)Nc2ccc(F)cc2F)cc1. The number of unbranched alkanes of at least 4 members (excludes halogenated alkanes) is 4. The molecule has 0 aliphatic carbocycles. The van der Waals surface area contributed by atoms with Crippen molar-refractivity contribution in [2.75, 3.05) is 18.5 Å². The molecule has 0 spiro atoms. The van der Waals surface area contributed by atoms with Crippen molar-refractivity contribution in [3.8, 4) is 0 Å². The molecule has 30 heavy (non-hydrogen) atoms. The summed E-state index contributed by atoms with van der Waals surface area (Å²) in [5.41, 5.74) is 2.23. The van der Waals surface area contributed by atoms with Crippen LogP contribution in [0.3, 0.4) is 0 Å². The highest BCUT2D eigenvalue weighted by molar-refractivity contribution is 5.89. The van der Waals surface area contributed by atoms with E-state index in [1.807, 2.05) is 12.1 Å². The fourth-order valence-corrected chi connectivity index (χ4v) is 3.22. The monoisotopic (exact) mass is 418 g/mol. The van der Waals surface area contributed by atoms with Gasteiger partial charge in [-0.3, -0.25) is 0 Å². The third-order valence-corrected chi connectivity index (χ3v) is 5.01. The summed E-state index contributed by atoms with van der Waals surface area (Å²) in [7, 11) is 0. The summed E-state index contributed by atoms with van der Waals surface area (Å²) in [6.45, 7) is 3.24. The van der Waals surface area contributed by atoms with Crippen molar-refractivity contribution in [3.05, 3.63) is 65.2 Å². The molecule has 0 unspecified atom stereocenters. The van der Waals surface area contributed by atoms with Crippen molar-refractivity contribution in [1.82, 2.24) is 4.90 Å². The molecular formula is C24H32F2N2O2. The maximum absolute atomic E-state index is 13.9. The van der Waals surface area contributed by atoms with Crippen LogP contribution in [0.1, 0.15) is 56.6 Å². The maximum atomic E-state index is 13.9. The van der Waals surface area contributed by atoms with Gasteiger partial charge < -0.3 is 15.3 Å². The zero-order chi connectivity index (χ0) is 21.8. The molecule has 2 aromatic carbocycles. The Labute approximate surface area is 177 Å². The van der Waals surface area contributed by atoms with E-state index in [2.05, 4.69) is 24.4 Å². The van der Waals surface area contributed by atoms with Crippen molar-refractivity contribution in [2.45, 2.75) is 58.4 Å². The van der Waals surface area contributed by atoms with Gasteiger partial charge in [-0.2, -0.15) is 0 Å². The molecule has 0 atom stereocenters. The van der Waals surface area contributed by atoms with Crippen molar-refractivity contribution in [3.63, 3.8) is 0 Å². The number of aliphatic hydroxyl groups excluding tert-OH is 1. The highest BCUT2D eigenvalue weighted by Gasteiger charge is 2.16. The Kier molecular flexibility index (Phi) is 10.3. The van der Waals surface area contributed by atoms with E-state index < -0.39 is 17.7 Å². The number of urea groups is 1. The van der Waals surface area contributed by atoms with Crippen LogP contribution in [-0.4, -0.2) is 29.2 Å². The largest absolute Gasteiger partial charge is 0.396 e. The molecule has 0 fully saturated rings. The Bertz CT molecular complexity index is 781. The first-order valence-electron chi connectivity index (χ1n) is 10.7. The third kappa shape index (κ3) is 8.11. The fraction of sp³-hybridized carbons (Fsp3) is 0.458. The van der Waals surface area contributed by atoms with Crippen LogP contribution in [-0.2, 0) is 13.0 Å².